The van der Waals surface area contributed by atoms with Crippen molar-refractivity contribution >= 4 is 17.9 Å². The van der Waals surface area contributed by atoms with Crippen LogP contribution in [0.4, 0.5) is 4.79 Å². The lowest BCUT2D eigenvalue weighted by Gasteiger charge is -2.19. The van der Waals surface area contributed by atoms with E-state index in [1.54, 1.807) is 0 Å². The number of rotatable bonds is 7. The van der Waals surface area contributed by atoms with Gasteiger partial charge in [0.2, 0.25) is 11.8 Å². The maximum Gasteiger partial charge on any atom is 0.407 e. The van der Waals surface area contributed by atoms with Crippen LogP contribution in [0.25, 0.3) is 0 Å². The van der Waals surface area contributed by atoms with Gasteiger partial charge in [-0.2, -0.15) is 0 Å². The highest BCUT2D eigenvalue weighted by atomic mass is 16.6. The fourth-order valence-electron chi connectivity index (χ4n) is 2.26. The smallest absolute Gasteiger partial charge is 0.407 e. The highest BCUT2D eigenvalue weighted by Crippen LogP contribution is 2.12. The van der Waals surface area contributed by atoms with E-state index < -0.39 is 11.7 Å². The van der Waals surface area contributed by atoms with E-state index in [2.05, 4.69) is 16.0 Å². The molecule has 1 aromatic carbocycles. The lowest BCUT2D eigenvalue weighted by atomic mass is 10.0. The number of ether oxygens (including phenoxy) is 1. The molecule has 1 aromatic rings. The zero-order chi connectivity index (χ0) is 23.7. The van der Waals surface area contributed by atoms with Crippen molar-refractivity contribution in [2.24, 2.45) is 0 Å². The molecule has 172 valence electrons. The Morgan fingerprint density at radius 2 is 1.17 bits per heavy atom. The molecule has 0 bridgehead atoms. The second-order valence-electron chi connectivity index (χ2n) is 7.16. The summed E-state index contributed by atoms with van der Waals surface area (Å²) >= 11 is 0. The van der Waals surface area contributed by atoms with E-state index in [-0.39, 0.29) is 11.8 Å². The van der Waals surface area contributed by atoms with Gasteiger partial charge in [0.1, 0.15) is 5.60 Å². The minimum absolute atomic E-state index is 0.106. The maximum absolute atomic E-state index is 11.7. The number of alkyl carbamates (subject to hydrolysis) is 1. The van der Waals surface area contributed by atoms with E-state index in [1.165, 1.54) is 13.8 Å². The summed E-state index contributed by atoms with van der Waals surface area (Å²) in [7, 11) is 0. The van der Waals surface area contributed by atoms with E-state index in [0.29, 0.717) is 26.1 Å². The van der Waals surface area contributed by atoms with Gasteiger partial charge in [-0.25, -0.2) is 4.79 Å². The molecule has 30 heavy (non-hydrogen) atoms. The monoisotopic (exact) mass is 423 g/mol. The lowest BCUT2D eigenvalue weighted by Crippen LogP contribution is -2.33. The Hall–Kier alpha value is -2.57. The largest absolute Gasteiger partial charge is 0.444 e. The van der Waals surface area contributed by atoms with Gasteiger partial charge in [-0.15, -0.1) is 0 Å². The molecule has 7 heteroatoms. The predicted molar refractivity (Wildman–Crippen MR) is 122 cm³/mol. The van der Waals surface area contributed by atoms with Crippen LogP contribution in [-0.2, 0) is 33.8 Å². The molecular formula is C23H41N3O4. The van der Waals surface area contributed by atoms with Crippen molar-refractivity contribution < 1.29 is 19.1 Å². The van der Waals surface area contributed by atoms with Gasteiger partial charge in [0, 0.05) is 33.5 Å². The Balaban J connectivity index is 0. The quantitative estimate of drug-likeness (QED) is 0.616. The van der Waals surface area contributed by atoms with Gasteiger partial charge >= 0.3 is 6.09 Å². The van der Waals surface area contributed by atoms with Gasteiger partial charge in [0.15, 0.2) is 0 Å². The molecule has 0 unspecified atom stereocenters. The third-order valence-corrected chi connectivity index (χ3v) is 3.28. The normalized spacial score (nSPS) is 9.77. The van der Waals surface area contributed by atoms with Crippen molar-refractivity contribution in [2.75, 3.05) is 6.54 Å². The van der Waals surface area contributed by atoms with Crippen molar-refractivity contribution in [2.45, 2.75) is 87.4 Å². The van der Waals surface area contributed by atoms with Crippen molar-refractivity contribution in [3.05, 3.63) is 34.9 Å². The summed E-state index contributed by atoms with van der Waals surface area (Å²) in [6.07, 6.45) is 0.158. The Morgan fingerprint density at radius 1 is 0.767 bits per heavy atom. The predicted octanol–water partition coefficient (Wildman–Crippen LogP) is 4.08. The number of benzene rings is 1. The second kappa shape index (κ2) is 16.3. The molecule has 7 nitrogen and oxygen atoms in total. The summed E-state index contributed by atoms with van der Waals surface area (Å²) in [5.41, 5.74) is 2.35. The summed E-state index contributed by atoms with van der Waals surface area (Å²) in [5.74, 6) is -0.212. The van der Waals surface area contributed by atoms with Crippen LogP contribution in [0.1, 0.15) is 79.0 Å². The lowest BCUT2D eigenvalue weighted by molar-refractivity contribution is -0.119. The molecule has 0 saturated heterocycles. The van der Waals surface area contributed by atoms with E-state index in [4.69, 9.17) is 4.74 Å². The Kier molecular flexibility index (Phi) is 16.1. The number of hydrogen-bond acceptors (Lipinski definition) is 4. The zero-order valence-electron chi connectivity index (χ0n) is 20.2. The third kappa shape index (κ3) is 16.4. The Bertz CT molecular complexity index is 616. The summed E-state index contributed by atoms with van der Waals surface area (Å²) in [5, 5.41) is 8.26. The van der Waals surface area contributed by atoms with Crippen LogP contribution in [-0.4, -0.2) is 30.1 Å². The average Bonchev–Trinajstić information content (AvgIpc) is 2.66. The molecule has 1 rings (SSSR count). The average molecular weight is 424 g/mol. The molecule has 0 aliphatic heterocycles. The molecule has 0 heterocycles. The first kappa shape index (κ1) is 29.6. The number of amides is 3. The molecule has 3 amide bonds. The molecule has 3 N–H and O–H groups in total. The van der Waals surface area contributed by atoms with Gasteiger partial charge in [-0.1, -0.05) is 45.9 Å². The first-order valence-corrected chi connectivity index (χ1v) is 10.6. The second-order valence-corrected chi connectivity index (χ2v) is 7.16. The van der Waals surface area contributed by atoms with Gasteiger partial charge in [0.05, 0.1) is 0 Å². The zero-order valence-corrected chi connectivity index (χ0v) is 20.2. The molecule has 0 saturated carbocycles. The summed E-state index contributed by atoms with van der Waals surface area (Å²) in [6, 6.07) is 5.89. The molecule has 0 aromatic heterocycles. The van der Waals surface area contributed by atoms with E-state index in [1.807, 2.05) is 66.7 Å². The van der Waals surface area contributed by atoms with Crippen LogP contribution >= 0.6 is 0 Å². The van der Waals surface area contributed by atoms with Crippen LogP contribution in [0.3, 0.4) is 0 Å². The number of hydrogen-bond donors (Lipinski definition) is 3. The van der Waals surface area contributed by atoms with E-state index in [0.717, 1.165) is 16.7 Å². The standard InChI is InChI=1S/C19H29N3O4.2C2H6/c1-13(23)21-11-16-8-15(9-17(10-16)12-22-14(2)24)6-7-20-18(25)26-19(3,4)5;2*1-2/h8-10H,6-7,11-12H2,1-5H3,(H,20,25)(H,21,23)(H,22,24);2*1-2H3. The molecular weight excluding hydrogens is 382 g/mol. The topological polar surface area (TPSA) is 96.5 Å². The number of nitrogens with one attached hydrogen (secondary N) is 3. The molecule has 0 aliphatic carbocycles. The van der Waals surface area contributed by atoms with Gasteiger partial charge in [-0.3, -0.25) is 9.59 Å². The van der Waals surface area contributed by atoms with Crippen molar-refractivity contribution in [3.8, 4) is 0 Å². The fraction of sp³-hybridized carbons (Fsp3) is 0.609. The number of carbonyl (C=O) groups is 3. The van der Waals surface area contributed by atoms with Gasteiger partial charge < -0.3 is 20.7 Å². The van der Waals surface area contributed by atoms with Crippen LogP contribution in [0.2, 0.25) is 0 Å². The summed E-state index contributed by atoms with van der Waals surface area (Å²) in [4.78, 5) is 34.0. The molecule has 0 aliphatic rings. The Labute approximate surface area is 182 Å². The molecule has 0 spiro atoms. The third-order valence-electron chi connectivity index (χ3n) is 3.28. The van der Waals surface area contributed by atoms with Crippen LogP contribution in [0, 0.1) is 0 Å². The van der Waals surface area contributed by atoms with Crippen molar-refractivity contribution in [1.82, 2.24) is 16.0 Å². The number of carbonyl (C=O) groups excluding carboxylic acids is 3. The SMILES string of the molecule is CC.CC.CC(=O)NCc1cc(CCNC(=O)OC(C)(C)C)cc(CNC(C)=O)c1. The van der Waals surface area contributed by atoms with Crippen molar-refractivity contribution in [1.29, 1.82) is 0 Å². The Morgan fingerprint density at radius 3 is 1.53 bits per heavy atom. The minimum atomic E-state index is -0.534. The van der Waals surface area contributed by atoms with Gasteiger partial charge in [0.25, 0.3) is 0 Å². The minimum Gasteiger partial charge on any atom is -0.444 e. The van der Waals surface area contributed by atoms with E-state index >= 15 is 0 Å². The first-order chi connectivity index (χ1) is 14.0. The van der Waals surface area contributed by atoms with Crippen molar-refractivity contribution in [3.63, 3.8) is 0 Å². The van der Waals surface area contributed by atoms with Crippen LogP contribution in [0.5, 0.6) is 0 Å². The first-order valence-electron chi connectivity index (χ1n) is 10.6. The highest BCUT2D eigenvalue weighted by molar-refractivity contribution is 5.73. The fourth-order valence-corrected chi connectivity index (χ4v) is 2.26. The van der Waals surface area contributed by atoms with Crippen LogP contribution < -0.4 is 16.0 Å². The maximum atomic E-state index is 11.7. The summed E-state index contributed by atoms with van der Waals surface area (Å²) in [6.45, 7) is 17.6. The van der Waals surface area contributed by atoms with E-state index in [9.17, 15) is 14.4 Å². The van der Waals surface area contributed by atoms with Gasteiger partial charge in [-0.05, 0) is 43.9 Å². The molecule has 0 radical (unpaired) electrons. The molecule has 0 fully saturated rings. The highest BCUT2D eigenvalue weighted by Gasteiger charge is 2.15. The summed E-state index contributed by atoms with van der Waals surface area (Å²) < 4.78 is 5.21. The van der Waals surface area contributed by atoms with Crippen LogP contribution in [0.15, 0.2) is 18.2 Å². The molecule has 0 atom stereocenters.